The quantitative estimate of drug-likeness (QED) is 0.334. The van der Waals surface area contributed by atoms with Crippen molar-refractivity contribution in [2.75, 3.05) is 0 Å². The Hall–Kier alpha value is -2.88. The van der Waals surface area contributed by atoms with E-state index in [1.165, 1.54) is 18.3 Å². The van der Waals surface area contributed by atoms with Gasteiger partial charge in [0.25, 0.3) is 0 Å². The van der Waals surface area contributed by atoms with Crippen molar-refractivity contribution >= 4 is 7.82 Å². The number of aromatic amines is 1. The van der Waals surface area contributed by atoms with E-state index in [4.69, 9.17) is 9.79 Å². The summed E-state index contributed by atoms with van der Waals surface area (Å²) in [5, 5.41) is 13.4. The second-order valence-electron chi connectivity index (χ2n) is 6.53. The van der Waals surface area contributed by atoms with E-state index in [0.29, 0.717) is 33.9 Å². The molecule has 11 heteroatoms. The minimum absolute atomic E-state index is 0.0926. The lowest BCUT2D eigenvalue weighted by Gasteiger charge is -2.14. The monoisotopic (exact) mass is 432 g/mol. The summed E-state index contributed by atoms with van der Waals surface area (Å²) < 4.78 is 15.5. The average Bonchev–Trinajstić information content (AvgIpc) is 2.70. The van der Waals surface area contributed by atoms with Gasteiger partial charge in [-0.2, -0.15) is 0 Å². The van der Waals surface area contributed by atoms with Crippen LogP contribution in [0.1, 0.15) is 22.5 Å². The number of hydrogen-bond acceptors (Lipinski definition) is 7. The molecule has 0 saturated heterocycles. The van der Waals surface area contributed by atoms with E-state index in [2.05, 4.69) is 24.8 Å². The SMILES string of the molecule is Cc1ncc(COP(=O)(O)O)c(CNCc2cc(=O)cc(-c3ccccn3)[nH]2)c1O. The summed E-state index contributed by atoms with van der Waals surface area (Å²) in [4.78, 5) is 41.2. The minimum Gasteiger partial charge on any atom is -0.506 e. The molecule has 0 saturated carbocycles. The van der Waals surface area contributed by atoms with Crippen molar-refractivity contribution in [3.8, 4) is 17.1 Å². The fraction of sp³-hybridized carbons (Fsp3) is 0.211. The highest BCUT2D eigenvalue weighted by molar-refractivity contribution is 7.46. The number of aromatic hydroxyl groups is 1. The summed E-state index contributed by atoms with van der Waals surface area (Å²) in [6.45, 7) is 1.63. The lowest BCUT2D eigenvalue weighted by molar-refractivity contribution is 0.188. The van der Waals surface area contributed by atoms with Crippen LogP contribution in [0.3, 0.4) is 0 Å². The lowest BCUT2D eigenvalue weighted by atomic mass is 10.1. The Kier molecular flexibility index (Phi) is 6.76. The number of pyridine rings is 3. The maximum absolute atomic E-state index is 12.0. The van der Waals surface area contributed by atoms with Crippen molar-refractivity contribution in [1.82, 2.24) is 20.3 Å². The molecule has 3 aromatic heterocycles. The zero-order valence-electron chi connectivity index (χ0n) is 16.1. The van der Waals surface area contributed by atoms with Crippen molar-refractivity contribution in [2.24, 2.45) is 0 Å². The molecule has 3 rings (SSSR count). The normalized spacial score (nSPS) is 11.6. The number of nitrogens with zero attached hydrogens (tertiary/aromatic N) is 2. The first kappa shape index (κ1) is 21.8. The number of rotatable bonds is 8. The molecule has 10 nitrogen and oxygen atoms in total. The second kappa shape index (κ2) is 9.29. The van der Waals surface area contributed by atoms with Crippen LogP contribution in [-0.2, 0) is 28.8 Å². The van der Waals surface area contributed by atoms with Gasteiger partial charge in [0.1, 0.15) is 5.75 Å². The first-order chi connectivity index (χ1) is 14.2. The summed E-state index contributed by atoms with van der Waals surface area (Å²) >= 11 is 0. The molecule has 0 radical (unpaired) electrons. The van der Waals surface area contributed by atoms with Gasteiger partial charge < -0.3 is 25.2 Å². The third-order valence-corrected chi connectivity index (χ3v) is 4.74. The van der Waals surface area contributed by atoms with E-state index >= 15 is 0 Å². The van der Waals surface area contributed by atoms with Gasteiger partial charge in [-0.05, 0) is 19.1 Å². The fourth-order valence-corrected chi connectivity index (χ4v) is 3.15. The summed E-state index contributed by atoms with van der Waals surface area (Å²) in [6.07, 6.45) is 3.03. The molecule has 0 fully saturated rings. The number of aromatic nitrogens is 3. The Morgan fingerprint density at radius 1 is 1.20 bits per heavy atom. The van der Waals surface area contributed by atoms with Crippen LogP contribution < -0.4 is 10.7 Å². The first-order valence-electron chi connectivity index (χ1n) is 8.94. The van der Waals surface area contributed by atoms with Gasteiger partial charge >= 0.3 is 7.82 Å². The Bertz CT molecular complexity index is 1130. The van der Waals surface area contributed by atoms with Crippen LogP contribution >= 0.6 is 7.82 Å². The molecule has 5 N–H and O–H groups in total. The molecule has 0 aliphatic rings. The summed E-state index contributed by atoms with van der Waals surface area (Å²) in [6, 6.07) is 8.30. The molecule has 0 aliphatic heterocycles. The largest absolute Gasteiger partial charge is 0.506 e. The highest BCUT2D eigenvalue weighted by Gasteiger charge is 2.18. The van der Waals surface area contributed by atoms with Gasteiger partial charge in [0, 0.05) is 54.4 Å². The average molecular weight is 432 g/mol. The highest BCUT2D eigenvalue weighted by Crippen LogP contribution is 2.38. The van der Waals surface area contributed by atoms with E-state index in [1.807, 2.05) is 6.07 Å². The van der Waals surface area contributed by atoms with Crippen molar-refractivity contribution in [3.05, 3.63) is 75.5 Å². The molecular formula is C19H21N4O6P. The number of nitrogens with one attached hydrogen (secondary N) is 2. The fourth-order valence-electron chi connectivity index (χ4n) is 2.84. The topological polar surface area (TPSA) is 158 Å². The number of H-pyrrole nitrogens is 1. The van der Waals surface area contributed by atoms with Crippen LogP contribution in [0.2, 0.25) is 0 Å². The minimum atomic E-state index is -4.67. The summed E-state index contributed by atoms with van der Waals surface area (Å²) in [7, 11) is -4.67. The van der Waals surface area contributed by atoms with E-state index in [9.17, 15) is 14.5 Å². The molecule has 3 heterocycles. The molecule has 30 heavy (non-hydrogen) atoms. The number of phosphoric ester groups is 1. The smallest absolute Gasteiger partial charge is 0.469 e. The van der Waals surface area contributed by atoms with E-state index in [-0.39, 0.29) is 24.3 Å². The van der Waals surface area contributed by atoms with Crippen LogP contribution in [0.4, 0.5) is 0 Å². The third kappa shape index (κ3) is 5.82. The van der Waals surface area contributed by atoms with Crippen LogP contribution in [-0.4, -0.2) is 29.8 Å². The van der Waals surface area contributed by atoms with Gasteiger partial charge in [-0.1, -0.05) is 6.07 Å². The van der Waals surface area contributed by atoms with Gasteiger partial charge in [0.2, 0.25) is 0 Å². The highest BCUT2D eigenvalue weighted by atomic mass is 31.2. The van der Waals surface area contributed by atoms with E-state index in [0.717, 1.165) is 0 Å². The van der Waals surface area contributed by atoms with E-state index < -0.39 is 14.4 Å². The maximum atomic E-state index is 12.0. The Morgan fingerprint density at radius 2 is 2.00 bits per heavy atom. The van der Waals surface area contributed by atoms with Crippen LogP contribution in [0.15, 0.2) is 47.5 Å². The first-order valence-corrected chi connectivity index (χ1v) is 10.5. The molecule has 0 aliphatic carbocycles. The van der Waals surface area contributed by atoms with Crippen molar-refractivity contribution in [2.45, 2.75) is 26.6 Å². The van der Waals surface area contributed by atoms with Crippen molar-refractivity contribution in [1.29, 1.82) is 0 Å². The summed E-state index contributed by atoms with van der Waals surface area (Å²) in [5.41, 5.74) is 2.76. The van der Waals surface area contributed by atoms with Crippen LogP contribution in [0.5, 0.6) is 5.75 Å². The van der Waals surface area contributed by atoms with Gasteiger partial charge in [-0.15, -0.1) is 0 Å². The van der Waals surface area contributed by atoms with Crippen molar-refractivity contribution < 1.29 is 24.0 Å². The second-order valence-corrected chi connectivity index (χ2v) is 7.77. The predicted molar refractivity (Wildman–Crippen MR) is 108 cm³/mol. The van der Waals surface area contributed by atoms with Gasteiger partial charge in [0.05, 0.1) is 23.7 Å². The number of aryl methyl sites for hydroxylation is 1. The zero-order chi connectivity index (χ0) is 21.7. The molecule has 0 aromatic carbocycles. The molecule has 0 unspecified atom stereocenters. The molecular weight excluding hydrogens is 411 g/mol. The molecule has 0 bridgehead atoms. The van der Waals surface area contributed by atoms with Crippen molar-refractivity contribution in [3.63, 3.8) is 0 Å². The summed E-state index contributed by atoms with van der Waals surface area (Å²) in [5.74, 6) is -0.0926. The lowest BCUT2D eigenvalue weighted by Crippen LogP contribution is -2.17. The number of hydrogen-bond donors (Lipinski definition) is 5. The molecule has 158 valence electrons. The Balaban J connectivity index is 1.75. The molecule has 3 aromatic rings. The Labute approximate surface area is 171 Å². The van der Waals surface area contributed by atoms with Gasteiger partial charge in [-0.3, -0.25) is 19.3 Å². The molecule has 0 atom stereocenters. The van der Waals surface area contributed by atoms with E-state index in [1.54, 1.807) is 25.3 Å². The maximum Gasteiger partial charge on any atom is 0.469 e. The number of phosphoric acid groups is 1. The van der Waals surface area contributed by atoms with Crippen LogP contribution in [0.25, 0.3) is 11.4 Å². The molecule has 0 amide bonds. The third-order valence-electron chi connectivity index (χ3n) is 4.27. The van der Waals surface area contributed by atoms with Gasteiger partial charge in [0.15, 0.2) is 5.43 Å². The van der Waals surface area contributed by atoms with Crippen LogP contribution in [0, 0.1) is 6.92 Å². The predicted octanol–water partition coefficient (Wildman–Crippen LogP) is 1.75. The Morgan fingerprint density at radius 3 is 2.70 bits per heavy atom. The standard InChI is InChI=1S/C19H21N4O6P/c1-12-19(25)16(13(8-22-12)11-29-30(26,27)28)10-20-9-14-6-15(24)7-18(23-14)17-4-2-3-5-21-17/h2-8,20,25H,9-11H2,1H3,(H,23,24)(H2,26,27,28). The van der Waals surface area contributed by atoms with Gasteiger partial charge in [-0.25, -0.2) is 4.57 Å². The molecule has 0 spiro atoms. The zero-order valence-corrected chi connectivity index (χ0v) is 17.0.